The number of pyridine rings is 1. The van der Waals surface area contributed by atoms with E-state index in [-0.39, 0.29) is 5.91 Å². The van der Waals surface area contributed by atoms with E-state index in [0.717, 1.165) is 32.1 Å². The Morgan fingerprint density at radius 2 is 1.86 bits per heavy atom. The van der Waals surface area contributed by atoms with Crippen LogP contribution in [0.25, 0.3) is 16.8 Å². The Hall–Kier alpha value is -3.20. The average molecular weight is 563 g/mol. The fourth-order valence-corrected chi connectivity index (χ4v) is 5.69. The Labute approximate surface area is 220 Å². The number of carbonyl (C=O) groups is 1. The number of fused-ring (bicyclic) bond motifs is 1. The number of thiocarbonyl (C=S) groups is 1. The highest BCUT2D eigenvalue weighted by atomic mass is 79.9. The van der Waals surface area contributed by atoms with Gasteiger partial charge in [0.05, 0.1) is 22.2 Å². The van der Waals surface area contributed by atoms with Crippen molar-refractivity contribution in [3.8, 4) is 11.5 Å². The SMILES string of the molecule is COc1cc(/C=C2/SC(=S)N(c3cccc4ccccc34)C2=O)cc(Br)c1OCc1ccncc1. The van der Waals surface area contributed by atoms with Crippen LogP contribution < -0.4 is 14.4 Å². The highest BCUT2D eigenvalue weighted by Gasteiger charge is 2.34. The zero-order valence-electron chi connectivity index (χ0n) is 18.6. The van der Waals surface area contributed by atoms with Crippen LogP contribution in [0.1, 0.15) is 11.1 Å². The van der Waals surface area contributed by atoms with E-state index >= 15 is 0 Å². The first-order valence-electron chi connectivity index (χ1n) is 10.7. The number of nitrogens with zero attached hydrogens (tertiary/aromatic N) is 2. The van der Waals surface area contributed by atoms with E-state index in [1.807, 2.05) is 72.8 Å². The Balaban J connectivity index is 1.44. The standard InChI is InChI=1S/C27H19BrN2O3S2/c1-32-23-14-18(13-21(28)25(23)33-16-17-9-11-29-12-10-17)15-24-26(31)30(27(34)35-24)22-8-4-6-19-5-2-3-7-20(19)22/h2-15H,16H2,1H3/b24-15+. The van der Waals surface area contributed by atoms with Crippen LogP contribution in [0.5, 0.6) is 11.5 Å². The molecular formula is C27H19BrN2O3S2. The summed E-state index contributed by atoms with van der Waals surface area (Å²) in [6.45, 7) is 0.376. The van der Waals surface area contributed by atoms with Gasteiger partial charge in [-0.15, -0.1) is 0 Å². The molecule has 1 aliphatic rings. The van der Waals surface area contributed by atoms with Crippen LogP contribution >= 0.6 is 39.9 Å². The lowest BCUT2D eigenvalue weighted by atomic mass is 10.1. The molecule has 35 heavy (non-hydrogen) atoms. The lowest BCUT2D eigenvalue weighted by Crippen LogP contribution is -2.27. The van der Waals surface area contributed by atoms with Crippen LogP contribution in [0.2, 0.25) is 0 Å². The molecule has 5 nitrogen and oxygen atoms in total. The number of rotatable bonds is 6. The van der Waals surface area contributed by atoms with Crippen molar-refractivity contribution in [2.75, 3.05) is 12.0 Å². The second-order valence-corrected chi connectivity index (χ2v) is 10.2. The third-order valence-electron chi connectivity index (χ3n) is 5.48. The van der Waals surface area contributed by atoms with Crippen molar-refractivity contribution in [1.29, 1.82) is 0 Å². The molecule has 174 valence electrons. The van der Waals surface area contributed by atoms with Gasteiger partial charge in [-0.1, -0.05) is 60.4 Å². The largest absolute Gasteiger partial charge is 0.493 e. The first kappa shape index (κ1) is 23.5. The molecule has 0 spiro atoms. The summed E-state index contributed by atoms with van der Waals surface area (Å²) < 4.78 is 12.8. The molecule has 0 N–H and O–H groups in total. The molecule has 1 fully saturated rings. The van der Waals surface area contributed by atoms with Gasteiger partial charge in [-0.25, -0.2) is 0 Å². The molecule has 5 rings (SSSR count). The normalized spacial score (nSPS) is 14.7. The van der Waals surface area contributed by atoms with Gasteiger partial charge in [-0.05, 0) is 68.9 Å². The number of methoxy groups -OCH3 is 1. The smallest absolute Gasteiger partial charge is 0.270 e. The van der Waals surface area contributed by atoms with E-state index < -0.39 is 0 Å². The predicted octanol–water partition coefficient (Wildman–Crippen LogP) is 6.99. The fourth-order valence-electron chi connectivity index (χ4n) is 3.83. The molecule has 4 aromatic rings. The van der Waals surface area contributed by atoms with E-state index in [4.69, 9.17) is 21.7 Å². The van der Waals surface area contributed by atoms with Crippen molar-refractivity contribution in [2.45, 2.75) is 6.61 Å². The maximum absolute atomic E-state index is 13.4. The lowest BCUT2D eigenvalue weighted by molar-refractivity contribution is -0.113. The summed E-state index contributed by atoms with van der Waals surface area (Å²) in [5.74, 6) is 0.999. The Kier molecular flexibility index (Phi) is 6.86. The Morgan fingerprint density at radius 3 is 2.66 bits per heavy atom. The van der Waals surface area contributed by atoms with Crippen LogP contribution in [0.4, 0.5) is 5.69 Å². The topological polar surface area (TPSA) is 51.7 Å². The van der Waals surface area contributed by atoms with Crippen molar-refractivity contribution >= 4 is 72.7 Å². The number of carbonyl (C=O) groups excluding carboxylic acids is 1. The highest BCUT2D eigenvalue weighted by Crippen LogP contribution is 2.41. The van der Waals surface area contributed by atoms with Crippen molar-refractivity contribution in [2.24, 2.45) is 0 Å². The molecule has 1 amide bonds. The summed E-state index contributed by atoms with van der Waals surface area (Å²) in [6, 6.07) is 21.4. The van der Waals surface area contributed by atoms with E-state index in [9.17, 15) is 4.79 Å². The average Bonchev–Trinajstić information content (AvgIpc) is 3.15. The van der Waals surface area contributed by atoms with Crippen LogP contribution in [-0.4, -0.2) is 22.3 Å². The number of thioether (sulfide) groups is 1. The van der Waals surface area contributed by atoms with Gasteiger partial charge < -0.3 is 9.47 Å². The quantitative estimate of drug-likeness (QED) is 0.186. The highest BCUT2D eigenvalue weighted by molar-refractivity contribution is 9.10. The number of aromatic nitrogens is 1. The van der Waals surface area contributed by atoms with Gasteiger partial charge in [-0.3, -0.25) is 14.7 Å². The lowest BCUT2D eigenvalue weighted by Gasteiger charge is -2.17. The van der Waals surface area contributed by atoms with Gasteiger partial charge >= 0.3 is 0 Å². The fraction of sp³-hybridized carbons (Fsp3) is 0.0741. The second kappa shape index (κ2) is 10.2. The summed E-state index contributed by atoms with van der Waals surface area (Å²) in [6.07, 6.45) is 5.27. The van der Waals surface area contributed by atoms with Crippen LogP contribution in [0.3, 0.4) is 0 Å². The number of amides is 1. The third-order valence-corrected chi connectivity index (χ3v) is 7.37. The molecule has 2 heterocycles. The number of hydrogen-bond donors (Lipinski definition) is 0. The van der Waals surface area contributed by atoms with Gasteiger partial charge in [-0.2, -0.15) is 0 Å². The molecular weight excluding hydrogens is 544 g/mol. The molecule has 0 radical (unpaired) electrons. The van der Waals surface area contributed by atoms with E-state index in [2.05, 4.69) is 20.9 Å². The molecule has 0 saturated carbocycles. The number of anilines is 1. The Morgan fingerprint density at radius 1 is 1.09 bits per heavy atom. The summed E-state index contributed by atoms with van der Waals surface area (Å²) >= 11 is 10.5. The summed E-state index contributed by atoms with van der Waals surface area (Å²) in [4.78, 5) is 19.6. The first-order valence-corrected chi connectivity index (χ1v) is 12.7. The third kappa shape index (κ3) is 4.82. The van der Waals surface area contributed by atoms with Gasteiger partial charge in [0.25, 0.3) is 5.91 Å². The number of halogens is 1. The minimum atomic E-state index is -0.149. The molecule has 1 aromatic heterocycles. The van der Waals surface area contributed by atoms with E-state index in [1.54, 1.807) is 24.4 Å². The molecule has 0 atom stereocenters. The minimum Gasteiger partial charge on any atom is -0.493 e. The minimum absolute atomic E-state index is 0.149. The Bertz CT molecular complexity index is 1470. The van der Waals surface area contributed by atoms with Crippen molar-refractivity contribution in [3.05, 3.63) is 99.6 Å². The first-order chi connectivity index (χ1) is 17.0. The number of ether oxygens (including phenoxy) is 2. The predicted molar refractivity (Wildman–Crippen MR) is 149 cm³/mol. The summed E-state index contributed by atoms with van der Waals surface area (Å²) in [5.41, 5.74) is 2.58. The van der Waals surface area contributed by atoms with Gasteiger partial charge in [0.2, 0.25) is 0 Å². The molecule has 1 aliphatic heterocycles. The zero-order valence-corrected chi connectivity index (χ0v) is 21.8. The molecule has 8 heteroatoms. The van der Waals surface area contributed by atoms with Crippen LogP contribution in [-0.2, 0) is 11.4 Å². The van der Waals surface area contributed by atoms with Crippen LogP contribution in [0.15, 0.2) is 88.5 Å². The van der Waals surface area contributed by atoms with Gasteiger partial charge in [0, 0.05) is 17.8 Å². The number of benzene rings is 3. The molecule has 1 saturated heterocycles. The summed E-state index contributed by atoms with van der Waals surface area (Å²) in [7, 11) is 1.59. The summed E-state index contributed by atoms with van der Waals surface area (Å²) in [5, 5.41) is 2.03. The van der Waals surface area contributed by atoms with E-state index in [1.165, 1.54) is 11.8 Å². The second-order valence-electron chi connectivity index (χ2n) is 7.69. The molecule has 0 aliphatic carbocycles. The molecule has 0 bridgehead atoms. The molecule has 0 unspecified atom stereocenters. The molecule has 3 aromatic carbocycles. The van der Waals surface area contributed by atoms with Crippen LogP contribution in [0, 0.1) is 0 Å². The maximum atomic E-state index is 13.4. The van der Waals surface area contributed by atoms with Crippen molar-refractivity contribution in [1.82, 2.24) is 4.98 Å². The van der Waals surface area contributed by atoms with Gasteiger partial charge in [0.1, 0.15) is 6.61 Å². The van der Waals surface area contributed by atoms with E-state index in [0.29, 0.717) is 27.3 Å². The number of hydrogen-bond acceptors (Lipinski definition) is 6. The van der Waals surface area contributed by atoms with Crippen molar-refractivity contribution < 1.29 is 14.3 Å². The maximum Gasteiger partial charge on any atom is 0.270 e. The van der Waals surface area contributed by atoms with Gasteiger partial charge in [0.15, 0.2) is 15.8 Å². The monoisotopic (exact) mass is 562 g/mol. The zero-order chi connectivity index (χ0) is 24.4. The van der Waals surface area contributed by atoms with Crippen molar-refractivity contribution in [3.63, 3.8) is 0 Å².